The van der Waals surface area contributed by atoms with E-state index in [0.29, 0.717) is 41.2 Å². The molecule has 0 bridgehead atoms. The van der Waals surface area contributed by atoms with Gasteiger partial charge in [0.25, 0.3) is 0 Å². The van der Waals surface area contributed by atoms with Crippen molar-refractivity contribution >= 4 is 16.9 Å². The number of benzene rings is 1. The van der Waals surface area contributed by atoms with Crippen molar-refractivity contribution in [3.05, 3.63) is 34.2 Å². The van der Waals surface area contributed by atoms with Crippen LogP contribution in [0.2, 0.25) is 0 Å². The Morgan fingerprint density at radius 2 is 2.05 bits per heavy atom. The maximum absolute atomic E-state index is 12.3. The van der Waals surface area contributed by atoms with Crippen LogP contribution in [0.4, 0.5) is 0 Å². The van der Waals surface area contributed by atoms with E-state index in [0.717, 1.165) is 0 Å². The highest BCUT2D eigenvalue weighted by atomic mass is 16.6. The summed E-state index contributed by atoms with van der Waals surface area (Å²) in [4.78, 5) is 22.8. The minimum atomic E-state index is -0.952. The van der Waals surface area contributed by atoms with Crippen molar-refractivity contribution in [1.82, 2.24) is 0 Å². The molecule has 6 heteroatoms. The zero-order valence-corrected chi connectivity index (χ0v) is 10.5. The fraction of sp³-hybridized carbons (Fsp3) is 0.286. The van der Waals surface area contributed by atoms with E-state index >= 15 is 0 Å². The lowest BCUT2D eigenvalue weighted by molar-refractivity contribution is -0.136. The monoisotopic (exact) mass is 276 g/mol. The highest BCUT2D eigenvalue weighted by Crippen LogP contribution is 2.36. The first kappa shape index (κ1) is 12.5. The summed E-state index contributed by atoms with van der Waals surface area (Å²) in [6.07, 6.45) is 1.33. The second-order valence-electron chi connectivity index (χ2n) is 4.45. The van der Waals surface area contributed by atoms with E-state index in [1.54, 1.807) is 12.1 Å². The Kier molecular flexibility index (Phi) is 3.06. The first-order valence-electron chi connectivity index (χ1n) is 6.21. The molecular formula is C14H12O6. The average molecular weight is 276 g/mol. The van der Waals surface area contributed by atoms with E-state index in [9.17, 15) is 9.59 Å². The minimum Gasteiger partial charge on any atom is -0.486 e. The summed E-state index contributed by atoms with van der Waals surface area (Å²) in [5.74, 6) is 0.0208. The van der Waals surface area contributed by atoms with Gasteiger partial charge in [0.1, 0.15) is 13.2 Å². The number of hydrogen-bond acceptors (Lipinski definition) is 5. The molecule has 0 saturated carbocycles. The molecule has 0 saturated heterocycles. The highest BCUT2D eigenvalue weighted by molar-refractivity contribution is 5.85. The van der Waals surface area contributed by atoms with Gasteiger partial charge in [0.05, 0.1) is 11.6 Å². The van der Waals surface area contributed by atoms with Crippen LogP contribution in [0.3, 0.4) is 0 Å². The molecule has 0 spiro atoms. The molecule has 0 amide bonds. The van der Waals surface area contributed by atoms with Gasteiger partial charge in [0.2, 0.25) is 5.75 Å². The van der Waals surface area contributed by atoms with Gasteiger partial charge in [-0.3, -0.25) is 9.59 Å². The zero-order chi connectivity index (χ0) is 14.1. The normalized spacial score (nSPS) is 13.4. The molecule has 1 aromatic carbocycles. The predicted octanol–water partition coefficient (Wildman–Crippen LogP) is 1.58. The summed E-state index contributed by atoms with van der Waals surface area (Å²) in [6, 6.07) is 3.27. The van der Waals surface area contributed by atoms with E-state index in [4.69, 9.17) is 19.0 Å². The molecule has 0 atom stereocenters. The first-order valence-corrected chi connectivity index (χ1v) is 6.21. The van der Waals surface area contributed by atoms with Crippen molar-refractivity contribution in [1.29, 1.82) is 0 Å². The number of fused-ring (bicyclic) bond motifs is 3. The summed E-state index contributed by atoms with van der Waals surface area (Å²) in [5.41, 5.74) is 0.451. The summed E-state index contributed by atoms with van der Waals surface area (Å²) in [6.45, 7) is 0.857. The van der Waals surface area contributed by atoms with Crippen LogP contribution in [-0.2, 0) is 11.2 Å². The number of rotatable bonds is 3. The number of hydrogen-bond donors (Lipinski definition) is 1. The van der Waals surface area contributed by atoms with Crippen LogP contribution in [-0.4, -0.2) is 24.3 Å². The molecule has 2 aromatic rings. The molecule has 0 fully saturated rings. The lowest BCUT2D eigenvalue weighted by atomic mass is 10.1. The Balaban J connectivity index is 2.10. The van der Waals surface area contributed by atoms with Crippen LogP contribution in [0.1, 0.15) is 12.0 Å². The Morgan fingerprint density at radius 1 is 1.25 bits per heavy atom. The van der Waals surface area contributed by atoms with Gasteiger partial charge in [-0.15, -0.1) is 0 Å². The molecule has 1 aliphatic heterocycles. The molecule has 1 aliphatic rings. The first-order chi connectivity index (χ1) is 9.66. The molecule has 104 valence electrons. The van der Waals surface area contributed by atoms with Crippen LogP contribution in [0.25, 0.3) is 11.0 Å². The number of aliphatic carboxylic acids is 1. The number of carboxylic acid groups (broad SMARTS) is 1. The quantitative estimate of drug-likeness (QED) is 0.916. The molecule has 1 N–H and O–H groups in total. The molecule has 3 rings (SSSR count). The number of ether oxygens (including phenoxy) is 2. The summed E-state index contributed by atoms with van der Waals surface area (Å²) >= 11 is 0. The SMILES string of the molecule is O=C(O)CCc1coc2c3c(ccc2c1=O)OCCO3. The third kappa shape index (κ3) is 2.09. The van der Waals surface area contributed by atoms with Crippen molar-refractivity contribution in [2.45, 2.75) is 12.8 Å². The van der Waals surface area contributed by atoms with Crippen LogP contribution in [0, 0.1) is 0 Å². The van der Waals surface area contributed by atoms with Gasteiger partial charge in [-0.2, -0.15) is 0 Å². The lowest BCUT2D eigenvalue weighted by Crippen LogP contribution is -2.17. The van der Waals surface area contributed by atoms with Gasteiger partial charge < -0.3 is 19.0 Å². The van der Waals surface area contributed by atoms with Crippen LogP contribution in [0.15, 0.2) is 27.6 Å². The molecule has 6 nitrogen and oxygen atoms in total. The second kappa shape index (κ2) is 4.88. The fourth-order valence-corrected chi connectivity index (χ4v) is 2.16. The lowest BCUT2D eigenvalue weighted by Gasteiger charge is -2.18. The largest absolute Gasteiger partial charge is 0.486 e. The zero-order valence-electron chi connectivity index (χ0n) is 10.5. The van der Waals surface area contributed by atoms with Crippen molar-refractivity contribution in [3.63, 3.8) is 0 Å². The Labute approximate surface area is 113 Å². The summed E-state index contributed by atoms with van der Waals surface area (Å²) < 4.78 is 16.4. The van der Waals surface area contributed by atoms with Gasteiger partial charge in [0.15, 0.2) is 16.8 Å². The molecule has 2 heterocycles. The Bertz CT molecular complexity index is 730. The molecule has 0 aliphatic carbocycles. The van der Waals surface area contributed by atoms with Gasteiger partial charge in [-0.05, 0) is 18.6 Å². The second-order valence-corrected chi connectivity index (χ2v) is 4.45. The van der Waals surface area contributed by atoms with Crippen molar-refractivity contribution < 1.29 is 23.8 Å². The molecule has 20 heavy (non-hydrogen) atoms. The topological polar surface area (TPSA) is 86.0 Å². The van der Waals surface area contributed by atoms with Gasteiger partial charge in [0, 0.05) is 12.0 Å². The third-order valence-corrected chi connectivity index (χ3v) is 3.13. The van der Waals surface area contributed by atoms with Crippen molar-refractivity contribution in [2.24, 2.45) is 0 Å². The van der Waals surface area contributed by atoms with Gasteiger partial charge in [-0.25, -0.2) is 0 Å². The average Bonchev–Trinajstić information content (AvgIpc) is 2.46. The van der Waals surface area contributed by atoms with Crippen LogP contribution < -0.4 is 14.9 Å². The van der Waals surface area contributed by atoms with E-state index < -0.39 is 5.97 Å². The molecule has 0 unspecified atom stereocenters. The maximum atomic E-state index is 12.3. The fourth-order valence-electron chi connectivity index (χ4n) is 2.16. The summed E-state index contributed by atoms with van der Waals surface area (Å²) in [5, 5.41) is 9.04. The number of carbonyl (C=O) groups is 1. The molecule has 1 aromatic heterocycles. The van der Waals surface area contributed by atoms with Crippen molar-refractivity contribution in [2.75, 3.05) is 13.2 Å². The maximum Gasteiger partial charge on any atom is 0.303 e. The van der Waals surface area contributed by atoms with E-state index in [2.05, 4.69) is 0 Å². The van der Waals surface area contributed by atoms with E-state index in [1.165, 1.54) is 6.26 Å². The van der Waals surface area contributed by atoms with Crippen molar-refractivity contribution in [3.8, 4) is 11.5 Å². The number of aryl methyl sites for hydroxylation is 1. The van der Waals surface area contributed by atoms with E-state index in [1.807, 2.05) is 0 Å². The Hall–Kier alpha value is -2.50. The van der Waals surface area contributed by atoms with Crippen LogP contribution >= 0.6 is 0 Å². The molecule has 0 radical (unpaired) electrons. The van der Waals surface area contributed by atoms with Gasteiger partial charge >= 0.3 is 5.97 Å². The standard InChI is InChI=1S/C14H12O6/c15-11(16)4-1-8-7-20-13-9(12(8)17)2-3-10-14(13)19-6-5-18-10/h2-3,7H,1,4-6H2,(H,15,16). The Morgan fingerprint density at radius 3 is 2.85 bits per heavy atom. The van der Waals surface area contributed by atoms with E-state index in [-0.39, 0.29) is 18.3 Å². The predicted molar refractivity (Wildman–Crippen MR) is 69.4 cm³/mol. The smallest absolute Gasteiger partial charge is 0.303 e. The molecular weight excluding hydrogens is 264 g/mol. The number of carboxylic acids is 1. The highest BCUT2D eigenvalue weighted by Gasteiger charge is 2.19. The van der Waals surface area contributed by atoms with Gasteiger partial charge in [-0.1, -0.05) is 0 Å². The summed E-state index contributed by atoms with van der Waals surface area (Å²) in [7, 11) is 0. The minimum absolute atomic E-state index is 0.110. The van der Waals surface area contributed by atoms with Crippen LogP contribution in [0.5, 0.6) is 11.5 Å². The third-order valence-electron chi connectivity index (χ3n) is 3.13.